The zero-order valence-electron chi connectivity index (χ0n) is 10.1. The van der Waals surface area contributed by atoms with Gasteiger partial charge in [-0.15, -0.1) is 0 Å². The van der Waals surface area contributed by atoms with Gasteiger partial charge in [-0.3, -0.25) is 0 Å². The van der Waals surface area contributed by atoms with Crippen LogP contribution in [-0.4, -0.2) is 17.3 Å². The summed E-state index contributed by atoms with van der Waals surface area (Å²) in [5.74, 6) is 0. The van der Waals surface area contributed by atoms with Crippen LogP contribution in [0.25, 0.3) is 0 Å². The van der Waals surface area contributed by atoms with Crippen LogP contribution in [0.3, 0.4) is 0 Å². The van der Waals surface area contributed by atoms with Crippen molar-refractivity contribution >= 4 is 27.5 Å². The summed E-state index contributed by atoms with van der Waals surface area (Å²) in [6, 6.07) is 7.61. The van der Waals surface area contributed by atoms with Crippen molar-refractivity contribution < 1.29 is 9.84 Å². The summed E-state index contributed by atoms with van der Waals surface area (Å²) < 4.78 is 6.53. The van der Waals surface area contributed by atoms with Crippen molar-refractivity contribution in [1.29, 1.82) is 5.26 Å². The van der Waals surface area contributed by atoms with Gasteiger partial charge in [0.15, 0.2) is 0 Å². The fourth-order valence-corrected chi connectivity index (χ4v) is 3.62. The third-order valence-corrected chi connectivity index (χ3v) is 5.44. The number of nitriles is 1. The minimum Gasteiger partial charge on any atom is -0.387 e. The Morgan fingerprint density at radius 1 is 1.53 bits per heavy atom. The normalized spacial score (nSPS) is 34.2. The average molecular weight is 343 g/mol. The third-order valence-electron chi connectivity index (χ3n) is 4.20. The van der Waals surface area contributed by atoms with E-state index in [0.29, 0.717) is 17.0 Å². The van der Waals surface area contributed by atoms with E-state index in [9.17, 15) is 10.4 Å². The number of fused-ring (bicyclic) bond motifs is 2. The van der Waals surface area contributed by atoms with Crippen molar-refractivity contribution in [3.8, 4) is 6.07 Å². The Morgan fingerprint density at radius 2 is 2.32 bits per heavy atom. The largest absolute Gasteiger partial charge is 0.387 e. The maximum atomic E-state index is 10.6. The van der Waals surface area contributed by atoms with Gasteiger partial charge in [-0.05, 0) is 52.9 Å². The molecule has 1 aromatic carbocycles. The molecule has 19 heavy (non-hydrogen) atoms. The molecule has 4 atom stereocenters. The Labute approximate surface area is 125 Å². The van der Waals surface area contributed by atoms with E-state index in [1.165, 1.54) is 0 Å². The lowest BCUT2D eigenvalue weighted by Crippen LogP contribution is -2.37. The van der Waals surface area contributed by atoms with Gasteiger partial charge in [-0.1, -0.05) is 17.7 Å². The molecule has 3 rings (SSSR count). The molecule has 1 N–H and O–H groups in total. The average Bonchev–Trinajstić information content (AvgIpc) is 3.02. The lowest BCUT2D eigenvalue weighted by Gasteiger charge is -2.33. The number of aliphatic hydroxyl groups excluding tert-OH is 1. The van der Waals surface area contributed by atoms with E-state index < -0.39 is 11.5 Å². The molecule has 0 amide bonds. The highest BCUT2D eigenvalue weighted by Gasteiger charge is 2.57. The first-order chi connectivity index (χ1) is 9.06. The first kappa shape index (κ1) is 13.4. The SMILES string of the molecule is N#CC1(C(O)c2ccc(Br)c(Cl)c2)CC2CCC1O2. The van der Waals surface area contributed by atoms with E-state index in [0.717, 1.165) is 17.3 Å². The third kappa shape index (κ3) is 2.00. The van der Waals surface area contributed by atoms with Gasteiger partial charge in [0.2, 0.25) is 0 Å². The highest BCUT2D eigenvalue weighted by molar-refractivity contribution is 9.10. The van der Waals surface area contributed by atoms with E-state index in [-0.39, 0.29) is 12.2 Å². The molecular formula is C14H13BrClNO2. The monoisotopic (exact) mass is 341 g/mol. The maximum absolute atomic E-state index is 10.6. The molecule has 0 aliphatic carbocycles. The standard InChI is InChI=1S/C14H13BrClNO2/c15-10-3-1-8(5-11(10)16)13(18)14(7-17)6-9-2-4-12(14)19-9/h1,3,5,9,12-13,18H,2,4,6H2. The molecule has 100 valence electrons. The molecule has 2 aliphatic rings. The number of aliphatic hydroxyl groups is 1. The van der Waals surface area contributed by atoms with Gasteiger partial charge in [0.05, 0.1) is 23.3 Å². The van der Waals surface area contributed by atoms with Crippen LogP contribution in [0.1, 0.15) is 30.9 Å². The van der Waals surface area contributed by atoms with E-state index in [1.54, 1.807) is 18.2 Å². The second kappa shape index (κ2) is 4.75. The molecule has 2 heterocycles. The molecule has 0 radical (unpaired) electrons. The number of hydrogen-bond acceptors (Lipinski definition) is 3. The van der Waals surface area contributed by atoms with Gasteiger partial charge < -0.3 is 9.84 Å². The number of hydrogen-bond donors (Lipinski definition) is 1. The van der Waals surface area contributed by atoms with Crippen molar-refractivity contribution in [2.75, 3.05) is 0 Å². The first-order valence-corrected chi connectivity index (χ1v) is 7.43. The summed E-state index contributed by atoms with van der Waals surface area (Å²) in [6.45, 7) is 0. The van der Waals surface area contributed by atoms with Crippen molar-refractivity contribution in [3.63, 3.8) is 0 Å². The Kier molecular flexibility index (Phi) is 3.34. The van der Waals surface area contributed by atoms with Crippen LogP contribution < -0.4 is 0 Å². The van der Waals surface area contributed by atoms with Crippen LogP contribution >= 0.6 is 27.5 Å². The summed E-state index contributed by atoms with van der Waals surface area (Å²) in [7, 11) is 0. The summed E-state index contributed by atoms with van der Waals surface area (Å²) in [5, 5.41) is 20.7. The number of ether oxygens (including phenoxy) is 1. The van der Waals surface area contributed by atoms with Gasteiger partial charge in [0.25, 0.3) is 0 Å². The quantitative estimate of drug-likeness (QED) is 0.893. The van der Waals surface area contributed by atoms with Crippen molar-refractivity contribution in [2.24, 2.45) is 5.41 Å². The van der Waals surface area contributed by atoms with Crippen LogP contribution in [-0.2, 0) is 4.74 Å². The molecule has 1 aromatic rings. The van der Waals surface area contributed by atoms with Gasteiger partial charge in [-0.2, -0.15) is 5.26 Å². The van der Waals surface area contributed by atoms with Crippen molar-refractivity contribution in [3.05, 3.63) is 33.3 Å². The molecule has 5 heteroatoms. The second-order valence-corrected chi connectivity index (χ2v) is 6.52. The minimum absolute atomic E-state index is 0.116. The van der Waals surface area contributed by atoms with Gasteiger partial charge in [-0.25, -0.2) is 0 Å². The fraction of sp³-hybridized carbons (Fsp3) is 0.500. The number of nitrogens with zero attached hydrogens (tertiary/aromatic N) is 1. The molecular weight excluding hydrogens is 330 g/mol. The molecule has 2 fully saturated rings. The lowest BCUT2D eigenvalue weighted by molar-refractivity contribution is 0.00341. The Bertz CT molecular complexity index is 559. The van der Waals surface area contributed by atoms with E-state index in [1.807, 2.05) is 0 Å². The molecule has 0 saturated carbocycles. The van der Waals surface area contributed by atoms with E-state index in [4.69, 9.17) is 16.3 Å². The molecule has 0 spiro atoms. The summed E-state index contributed by atoms with van der Waals surface area (Å²) >= 11 is 9.38. The zero-order valence-corrected chi connectivity index (χ0v) is 12.5. The van der Waals surface area contributed by atoms with Gasteiger partial charge in [0.1, 0.15) is 11.5 Å². The van der Waals surface area contributed by atoms with E-state index >= 15 is 0 Å². The Hall–Kier alpha value is -0.600. The molecule has 2 bridgehead atoms. The Morgan fingerprint density at radius 3 is 2.84 bits per heavy atom. The van der Waals surface area contributed by atoms with E-state index in [2.05, 4.69) is 22.0 Å². The number of halogens is 2. The van der Waals surface area contributed by atoms with Gasteiger partial charge in [0, 0.05) is 4.47 Å². The highest BCUT2D eigenvalue weighted by Crippen LogP contribution is 2.54. The number of benzene rings is 1. The fourth-order valence-electron chi connectivity index (χ4n) is 3.19. The predicted octanol–water partition coefficient (Wildman–Crippen LogP) is 3.60. The second-order valence-electron chi connectivity index (χ2n) is 5.26. The highest BCUT2D eigenvalue weighted by atomic mass is 79.9. The molecule has 4 unspecified atom stereocenters. The van der Waals surface area contributed by atoms with Crippen LogP contribution in [0.15, 0.2) is 22.7 Å². The van der Waals surface area contributed by atoms with Crippen LogP contribution in [0.5, 0.6) is 0 Å². The summed E-state index contributed by atoms with van der Waals surface area (Å²) in [4.78, 5) is 0. The predicted molar refractivity (Wildman–Crippen MR) is 74.7 cm³/mol. The lowest BCUT2D eigenvalue weighted by atomic mass is 9.69. The zero-order chi connectivity index (χ0) is 13.6. The maximum Gasteiger partial charge on any atom is 0.116 e. The molecule has 0 aromatic heterocycles. The topological polar surface area (TPSA) is 53.2 Å². The number of rotatable bonds is 2. The summed E-state index contributed by atoms with van der Waals surface area (Å²) in [5.41, 5.74) is -0.161. The smallest absolute Gasteiger partial charge is 0.116 e. The molecule has 2 aliphatic heterocycles. The van der Waals surface area contributed by atoms with Crippen molar-refractivity contribution in [1.82, 2.24) is 0 Å². The van der Waals surface area contributed by atoms with Crippen LogP contribution in [0.2, 0.25) is 5.02 Å². The van der Waals surface area contributed by atoms with Crippen LogP contribution in [0, 0.1) is 16.7 Å². The summed E-state index contributed by atoms with van der Waals surface area (Å²) in [6.07, 6.45) is 1.52. The molecule has 2 saturated heterocycles. The molecule has 3 nitrogen and oxygen atoms in total. The van der Waals surface area contributed by atoms with Gasteiger partial charge >= 0.3 is 0 Å². The minimum atomic E-state index is -0.863. The first-order valence-electron chi connectivity index (χ1n) is 6.26. The van der Waals surface area contributed by atoms with Crippen molar-refractivity contribution in [2.45, 2.75) is 37.6 Å². The van der Waals surface area contributed by atoms with Crippen LogP contribution in [0.4, 0.5) is 0 Å². The Balaban J connectivity index is 1.96.